The molecule has 2 rings (SSSR count). The van der Waals surface area contributed by atoms with Crippen molar-refractivity contribution in [3.8, 4) is 5.75 Å². The lowest BCUT2D eigenvalue weighted by Crippen LogP contribution is -2.44. The maximum absolute atomic E-state index is 12.1. The van der Waals surface area contributed by atoms with Crippen molar-refractivity contribution in [1.29, 1.82) is 0 Å². The van der Waals surface area contributed by atoms with E-state index in [-0.39, 0.29) is 12.5 Å². The minimum absolute atomic E-state index is 0.191. The van der Waals surface area contributed by atoms with Crippen LogP contribution in [0, 0.1) is 13.8 Å². The van der Waals surface area contributed by atoms with Crippen molar-refractivity contribution in [2.75, 3.05) is 6.61 Å². The molecule has 0 saturated heterocycles. The van der Waals surface area contributed by atoms with Crippen LogP contribution in [0.3, 0.4) is 0 Å². The Bertz CT molecular complexity index is 732. The average molecular weight is 377 g/mol. The molecule has 23 heavy (non-hydrogen) atoms. The van der Waals surface area contributed by atoms with Gasteiger partial charge in [0.15, 0.2) is 6.61 Å². The molecule has 120 valence electrons. The van der Waals surface area contributed by atoms with Gasteiger partial charge in [-0.05, 0) is 49.2 Å². The van der Waals surface area contributed by atoms with Crippen LogP contribution in [0.15, 0.2) is 46.9 Å². The quantitative estimate of drug-likeness (QED) is 0.806. The molecule has 2 amide bonds. The number of carbonyl (C=O) groups excluding carboxylic acids is 2. The number of amides is 2. The van der Waals surface area contributed by atoms with E-state index >= 15 is 0 Å². The molecule has 0 aliphatic carbocycles. The molecule has 2 aromatic rings. The lowest BCUT2D eigenvalue weighted by molar-refractivity contribution is -0.123. The number of hydrazine groups is 1. The first-order valence-corrected chi connectivity index (χ1v) is 7.80. The molecule has 0 unspecified atom stereocenters. The maximum atomic E-state index is 12.1. The first-order chi connectivity index (χ1) is 11.0. The third-order valence-corrected chi connectivity index (χ3v) is 3.82. The molecule has 0 spiro atoms. The summed E-state index contributed by atoms with van der Waals surface area (Å²) in [6, 6.07) is 12.6. The minimum atomic E-state index is -0.441. The van der Waals surface area contributed by atoms with Crippen molar-refractivity contribution < 1.29 is 14.3 Å². The number of rotatable bonds is 4. The average Bonchev–Trinajstić information content (AvgIpc) is 2.53. The first-order valence-electron chi connectivity index (χ1n) is 7.01. The molecule has 6 heteroatoms. The molecule has 0 atom stereocenters. The Hall–Kier alpha value is -2.34. The molecule has 2 aromatic carbocycles. The summed E-state index contributed by atoms with van der Waals surface area (Å²) in [5.41, 5.74) is 7.15. The zero-order valence-electron chi connectivity index (χ0n) is 12.9. The van der Waals surface area contributed by atoms with Crippen LogP contribution in [0.5, 0.6) is 5.75 Å². The summed E-state index contributed by atoms with van der Waals surface area (Å²) in [7, 11) is 0. The molecule has 0 heterocycles. The van der Waals surface area contributed by atoms with Crippen molar-refractivity contribution in [2.24, 2.45) is 0 Å². The molecule has 0 fully saturated rings. The molecule has 0 saturated carbocycles. The molecule has 0 aromatic heterocycles. The maximum Gasteiger partial charge on any atom is 0.276 e. The van der Waals surface area contributed by atoms with E-state index in [1.54, 1.807) is 30.3 Å². The van der Waals surface area contributed by atoms with Crippen molar-refractivity contribution in [3.05, 3.63) is 63.6 Å². The molecule has 0 radical (unpaired) electrons. The van der Waals surface area contributed by atoms with Crippen LogP contribution in [-0.2, 0) is 4.79 Å². The summed E-state index contributed by atoms with van der Waals surface area (Å²) in [6.45, 7) is 3.60. The van der Waals surface area contributed by atoms with Gasteiger partial charge in [-0.1, -0.05) is 34.1 Å². The summed E-state index contributed by atoms with van der Waals surface area (Å²) in [5, 5.41) is 0. The summed E-state index contributed by atoms with van der Waals surface area (Å²) in [5.74, 6) is -0.235. The Balaban J connectivity index is 1.84. The first kappa shape index (κ1) is 17.0. The van der Waals surface area contributed by atoms with E-state index in [4.69, 9.17) is 4.74 Å². The number of benzene rings is 2. The standard InChI is InChI=1S/C17H17BrN2O3/c1-11-5-3-8-15(12(11)2)17(22)20-19-16(21)10-23-14-7-4-6-13(18)9-14/h3-9H,10H2,1-2H3,(H,19,21)(H,20,22). The molecule has 5 nitrogen and oxygen atoms in total. The van der Waals surface area contributed by atoms with Gasteiger partial charge >= 0.3 is 0 Å². The van der Waals surface area contributed by atoms with Gasteiger partial charge < -0.3 is 4.74 Å². The van der Waals surface area contributed by atoms with Crippen LogP contribution < -0.4 is 15.6 Å². The highest BCUT2D eigenvalue weighted by molar-refractivity contribution is 9.10. The summed E-state index contributed by atoms with van der Waals surface area (Å²) in [6.07, 6.45) is 0. The van der Waals surface area contributed by atoms with Gasteiger partial charge in [0.05, 0.1) is 0 Å². The van der Waals surface area contributed by atoms with E-state index in [9.17, 15) is 9.59 Å². The third kappa shape index (κ3) is 4.82. The number of ether oxygens (including phenoxy) is 1. The summed E-state index contributed by atoms with van der Waals surface area (Å²) >= 11 is 3.32. The van der Waals surface area contributed by atoms with E-state index in [1.165, 1.54) is 0 Å². The Labute approximate surface area is 143 Å². The Morgan fingerprint density at radius 3 is 2.57 bits per heavy atom. The fourth-order valence-electron chi connectivity index (χ4n) is 1.93. The number of carbonyl (C=O) groups is 2. The highest BCUT2D eigenvalue weighted by Gasteiger charge is 2.11. The fraction of sp³-hybridized carbons (Fsp3) is 0.176. The number of aryl methyl sites for hydroxylation is 1. The second-order valence-corrected chi connectivity index (χ2v) is 5.91. The Morgan fingerprint density at radius 1 is 1.09 bits per heavy atom. The van der Waals surface area contributed by atoms with Crippen LogP contribution in [0.25, 0.3) is 0 Å². The van der Waals surface area contributed by atoms with Crippen molar-refractivity contribution in [1.82, 2.24) is 10.9 Å². The van der Waals surface area contributed by atoms with Gasteiger partial charge in [0, 0.05) is 10.0 Å². The van der Waals surface area contributed by atoms with Gasteiger partial charge in [0.2, 0.25) is 0 Å². The van der Waals surface area contributed by atoms with Gasteiger partial charge in [-0.3, -0.25) is 20.4 Å². The highest BCUT2D eigenvalue weighted by atomic mass is 79.9. The monoisotopic (exact) mass is 376 g/mol. The van der Waals surface area contributed by atoms with Crippen LogP contribution in [0.1, 0.15) is 21.5 Å². The normalized spacial score (nSPS) is 10.0. The van der Waals surface area contributed by atoms with Crippen molar-refractivity contribution in [3.63, 3.8) is 0 Å². The smallest absolute Gasteiger partial charge is 0.276 e. The SMILES string of the molecule is Cc1cccc(C(=O)NNC(=O)COc2cccc(Br)c2)c1C. The van der Waals surface area contributed by atoms with Gasteiger partial charge in [-0.2, -0.15) is 0 Å². The largest absolute Gasteiger partial charge is 0.484 e. The molecule has 0 aliphatic heterocycles. The molecule has 0 bridgehead atoms. The number of halogens is 1. The lowest BCUT2D eigenvalue weighted by Gasteiger charge is -2.11. The predicted octanol–water partition coefficient (Wildman–Crippen LogP) is 2.91. The number of hydrogen-bond acceptors (Lipinski definition) is 3. The van der Waals surface area contributed by atoms with Gasteiger partial charge in [0.1, 0.15) is 5.75 Å². The van der Waals surface area contributed by atoms with Gasteiger partial charge in [-0.25, -0.2) is 0 Å². The van der Waals surface area contributed by atoms with E-state index in [0.29, 0.717) is 11.3 Å². The zero-order valence-corrected chi connectivity index (χ0v) is 14.4. The summed E-state index contributed by atoms with van der Waals surface area (Å²) in [4.78, 5) is 23.8. The van der Waals surface area contributed by atoms with E-state index in [1.807, 2.05) is 26.0 Å². The molecule has 0 aliphatic rings. The Morgan fingerprint density at radius 2 is 1.83 bits per heavy atom. The van der Waals surface area contributed by atoms with Crippen LogP contribution in [-0.4, -0.2) is 18.4 Å². The number of nitrogens with one attached hydrogen (secondary N) is 2. The number of hydrogen-bond donors (Lipinski definition) is 2. The van der Waals surface area contributed by atoms with E-state index < -0.39 is 5.91 Å². The van der Waals surface area contributed by atoms with Gasteiger partial charge in [-0.15, -0.1) is 0 Å². The zero-order chi connectivity index (χ0) is 16.8. The third-order valence-electron chi connectivity index (χ3n) is 3.33. The van der Waals surface area contributed by atoms with E-state index in [0.717, 1.165) is 15.6 Å². The molecular formula is C17H17BrN2O3. The second kappa shape index (κ2) is 7.78. The van der Waals surface area contributed by atoms with E-state index in [2.05, 4.69) is 26.8 Å². The van der Waals surface area contributed by atoms with Gasteiger partial charge in [0.25, 0.3) is 11.8 Å². The molecular weight excluding hydrogens is 360 g/mol. The topological polar surface area (TPSA) is 67.4 Å². The van der Waals surface area contributed by atoms with Crippen LogP contribution in [0.4, 0.5) is 0 Å². The molecule has 2 N–H and O–H groups in total. The minimum Gasteiger partial charge on any atom is -0.484 e. The van der Waals surface area contributed by atoms with Crippen LogP contribution >= 0.6 is 15.9 Å². The predicted molar refractivity (Wildman–Crippen MR) is 91.2 cm³/mol. The summed E-state index contributed by atoms with van der Waals surface area (Å²) < 4.78 is 6.20. The van der Waals surface area contributed by atoms with Crippen molar-refractivity contribution in [2.45, 2.75) is 13.8 Å². The fourth-order valence-corrected chi connectivity index (χ4v) is 2.31. The second-order valence-electron chi connectivity index (χ2n) is 5.00. The highest BCUT2D eigenvalue weighted by Crippen LogP contribution is 2.17. The van der Waals surface area contributed by atoms with Crippen molar-refractivity contribution >= 4 is 27.7 Å². The Kier molecular flexibility index (Phi) is 5.76. The van der Waals surface area contributed by atoms with Crippen LogP contribution in [0.2, 0.25) is 0 Å². The lowest BCUT2D eigenvalue weighted by atomic mass is 10.0.